The Kier molecular flexibility index (Phi) is 3.65. The van der Waals surface area contributed by atoms with Gasteiger partial charge in [-0.05, 0) is 23.1 Å². The maximum atomic E-state index is 12.2. The van der Waals surface area contributed by atoms with Crippen LogP contribution in [0.5, 0.6) is 0 Å². The van der Waals surface area contributed by atoms with Gasteiger partial charge in [0.05, 0.1) is 17.9 Å². The minimum absolute atomic E-state index is 0.138. The number of nitrogens with one attached hydrogen (secondary N) is 1. The molecular formula is C16H13NO2S. The molecule has 0 saturated carbocycles. The first-order chi connectivity index (χ1) is 9.84. The number of carbonyl (C=O) groups is 1. The Morgan fingerprint density at radius 2 is 1.95 bits per heavy atom. The minimum Gasteiger partial charge on any atom is -0.472 e. The van der Waals surface area contributed by atoms with Crippen molar-refractivity contribution in [3.63, 3.8) is 0 Å². The number of thiophene rings is 1. The first-order valence-electron chi connectivity index (χ1n) is 6.26. The predicted molar refractivity (Wildman–Crippen MR) is 78.8 cm³/mol. The van der Waals surface area contributed by atoms with Crippen molar-refractivity contribution in [1.82, 2.24) is 5.32 Å². The van der Waals surface area contributed by atoms with Crippen LogP contribution in [0.25, 0.3) is 0 Å². The van der Waals surface area contributed by atoms with Gasteiger partial charge in [0.1, 0.15) is 6.26 Å². The summed E-state index contributed by atoms with van der Waals surface area (Å²) in [5.41, 5.74) is 1.59. The van der Waals surface area contributed by atoms with Crippen molar-refractivity contribution < 1.29 is 9.21 Å². The molecular weight excluding hydrogens is 270 g/mol. The minimum atomic E-state index is -0.140. The van der Waals surface area contributed by atoms with Gasteiger partial charge in [0, 0.05) is 4.88 Å². The normalized spacial score (nSPS) is 12.0. The van der Waals surface area contributed by atoms with Crippen molar-refractivity contribution in [1.29, 1.82) is 0 Å². The van der Waals surface area contributed by atoms with Crippen molar-refractivity contribution in [2.24, 2.45) is 0 Å². The molecule has 3 nitrogen and oxygen atoms in total. The van der Waals surface area contributed by atoms with Crippen molar-refractivity contribution in [2.75, 3.05) is 0 Å². The Labute approximate surface area is 120 Å². The molecule has 3 rings (SSSR count). The third kappa shape index (κ3) is 2.65. The summed E-state index contributed by atoms with van der Waals surface area (Å²) < 4.78 is 4.96. The van der Waals surface area contributed by atoms with E-state index >= 15 is 0 Å². The lowest BCUT2D eigenvalue weighted by Crippen LogP contribution is -2.28. The lowest BCUT2D eigenvalue weighted by atomic mass is 10.1. The smallest absolute Gasteiger partial charge is 0.255 e. The number of rotatable bonds is 4. The largest absolute Gasteiger partial charge is 0.472 e. The summed E-state index contributed by atoms with van der Waals surface area (Å²) in [5.74, 6) is -0.138. The van der Waals surface area contributed by atoms with E-state index in [0.717, 1.165) is 10.4 Å². The molecule has 0 aliphatic rings. The Morgan fingerprint density at radius 3 is 2.60 bits per heavy atom. The third-order valence-corrected chi connectivity index (χ3v) is 3.96. The molecule has 0 aliphatic carbocycles. The van der Waals surface area contributed by atoms with Gasteiger partial charge in [-0.2, -0.15) is 0 Å². The second kappa shape index (κ2) is 5.75. The molecule has 0 spiro atoms. The van der Waals surface area contributed by atoms with Crippen molar-refractivity contribution in [2.45, 2.75) is 6.04 Å². The Morgan fingerprint density at radius 1 is 1.10 bits per heavy atom. The quantitative estimate of drug-likeness (QED) is 0.790. The summed E-state index contributed by atoms with van der Waals surface area (Å²) in [5, 5.41) is 5.06. The first-order valence-corrected chi connectivity index (χ1v) is 7.14. The van der Waals surface area contributed by atoms with Crippen LogP contribution in [0.15, 0.2) is 70.9 Å². The molecule has 0 bridgehead atoms. The van der Waals surface area contributed by atoms with Gasteiger partial charge < -0.3 is 9.73 Å². The molecule has 1 N–H and O–H groups in total. The van der Waals surface area contributed by atoms with Crippen LogP contribution in [-0.4, -0.2) is 5.91 Å². The van der Waals surface area contributed by atoms with Crippen LogP contribution in [0.2, 0.25) is 0 Å². The third-order valence-electron chi connectivity index (χ3n) is 3.02. The molecule has 0 fully saturated rings. The molecule has 3 aromatic rings. The van der Waals surface area contributed by atoms with Gasteiger partial charge in [-0.25, -0.2) is 0 Å². The standard InChI is InChI=1S/C16H13NO2S/c18-16(13-8-9-19-11-13)17-15(14-7-4-10-20-14)12-5-2-1-3-6-12/h1-11,15H,(H,17,18)/t15-/m1/s1. The number of hydrogen-bond donors (Lipinski definition) is 1. The van der Waals surface area contributed by atoms with Gasteiger partial charge >= 0.3 is 0 Å². The Bertz CT molecular complexity index is 660. The first kappa shape index (κ1) is 12.7. The van der Waals surface area contributed by atoms with E-state index in [2.05, 4.69) is 5.32 Å². The summed E-state index contributed by atoms with van der Waals surface area (Å²) in [4.78, 5) is 13.3. The topological polar surface area (TPSA) is 42.2 Å². The van der Waals surface area contributed by atoms with Crippen LogP contribution in [-0.2, 0) is 0 Å². The maximum Gasteiger partial charge on any atom is 0.255 e. The molecule has 2 heterocycles. The molecule has 0 saturated heterocycles. The van der Waals surface area contributed by atoms with E-state index < -0.39 is 0 Å². The average Bonchev–Trinajstić information content (AvgIpc) is 3.18. The summed E-state index contributed by atoms with van der Waals surface area (Å²) >= 11 is 1.63. The number of benzene rings is 1. The van der Waals surface area contributed by atoms with Crippen LogP contribution in [0.4, 0.5) is 0 Å². The van der Waals surface area contributed by atoms with E-state index in [-0.39, 0.29) is 11.9 Å². The van der Waals surface area contributed by atoms with Crippen LogP contribution in [0.1, 0.15) is 26.8 Å². The molecule has 0 radical (unpaired) electrons. The number of amides is 1. The molecule has 100 valence electrons. The zero-order valence-corrected chi connectivity index (χ0v) is 11.5. The monoisotopic (exact) mass is 283 g/mol. The van der Waals surface area contributed by atoms with Crippen molar-refractivity contribution >= 4 is 17.2 Å². The predicted octanol–water partition coefficient (Wildman–Crippen LogP) is 3.86. The number of furan rings is 1. The summed E-state index contributed by atoms with van der Waals surface area (Å²) in [6, 6.07) is 15.5. The van der Waals surface area contributed by atoms with Gasteiger partial charge in [-0.15, -0.1) is 11.3 Å². The SMILES string of the molecule is O=C(N[C@H](c1ccccc1)c1cccs1)c1ccoc1. The number of carbonyl (C=O) groups excluding carboxylic acids is 1. The van der Waals surface area contributed by atoms with Gasteiger partial charge in [-0.3, -0.25) is 4.79 Å². The van der Waals surface area contributed by atoms with E-state index in [1.54, 1.807) is 17.4 Å². The molecule has 4 heteroatoms. The lowest BCUT2D eigenvalue weighted by Gasteiger charge is -2.17. The summed E-state index contributed by atoms with van der Waals surface area (Å²) in [6.07, 6.45) is 2.95. The molecule has 2 aromatic heterocycles. The average molecular weight is 283 g/mol. The van der Waals surface area contributed by atoms with E-state index in [1.165, 1.54) is 12.5 Å². The highest BCUT2D eigenvalue weighted by molar-refractivity contribution is 7.10. The van der Waals surface area contributed by atoms with Crippen LogP contribution in [0, 0.1) is 0 Å². The lowest BCUT2D eigenvalue weighted by molar-refractivity contribution is 0.0943. The fourth-order valence-corrected chi connectivity index (χ4v) is 2.83. The molecule has 1 atom stereocenters. The molecule has 0 aliphatic heterocycles. The molecule has 20 heavy (non-hydrogen) atoms. The van der Waals surface area contributed by atoms with Gasteiger partial charge in [0.25, 0.3) is 5.91 Å². The molecule has 0 unspecified atom stereocenters. The van der Waals surface area contributed by atoms with Crippen LogP contribution < -0.4 is 5.32 Å². The fraction of sp³-hybridized carbons (Fsp3) is 0.0625. The van der Waals surface area contributed by atoms with E-state index in [1.807, 2.05) is 47.8 Å². The second-order valence-electron chi connectivity index (χ2n) is 4.34. The van der Waals surface area contributed by atoms with Crippen LogP contribution >= 0.6 is 11.3 Å². The Hall–Kier alpha value is -2.33. The highest BCUT2D eigenvalue weighted by atomic mass is 32.1. The van der Waals surface area contributed by atoms with Gasteiger partial charge in [0.2, 0.25) is 0 Å². The number of hydrogen-bond acceptors (Lipinski definition) is 3. The second-order valence-corrected chi connectivity index (χ2v) is 5.32. The zero-order valence-electron chi connectivity index (χ0n) is 10.7. The van der Waals surface area contributed by atoms with E-state index in [4.69, 9.17) is 4.42 Å². The van der Waals surface area contributed by atoms with E-state index in [9.17, 15) is 4.79 Å². The van der Waals surface area contributed by atoms with Gasteiger partial charge in [-0.1, -0.05) is 36.4 Å². The van der Waals surface area contributed by atoms with Crippen LogP contribution in [0.3, 0.4) is 0 Å². The fourth-order valence-electron chi connectivity index (χ4n) is 2.03. The molecule has 1 amide bonds. The zero-order chi connectivity index (χ0) is 13.8. The highest BCUT2D eigenvalue weighted by Crippen LogP contribution is 2.26. The van der Waals surface area contributed by atoms with Gasteiger partial charge in [0.15, 0.2) is 0 Å². The maximum absolute atomic E-state index is 12.2. The van der Waals surface area contributed by atoms with Crippen molar-refractivity contribution in [3.05, 3.63) is 82.4 Å². The molecule has 1 aromatic carbocycles. The van der Waals surface area contributed by atoms with E-state index in [0.29, 0.717) is 5.56 Å². The highest BCUT2D eigenvalue weighted by Gasteiger charge is 2.18. The summed E-state index contributed by atoms with van der Waals surface area (Å²) in [6.45, 7) is 0. The summed E-state index contributed by atoms with van der Waals surface area (Å²) in [7, 11) is 0. The Balaban J connectivity index is 1.89. The van der Waals surface area contributed by atoms with Crippen molar-refractivity contribution in [3.8, 4) is 0 Å².